The van der Waals surface area contributed by atoms with E-state index in [-0.39, 0.29) is 17.1 Å². The molecule has 0 aromatic carbocycles. The molecule has 0 aliphatic carbocycles. The number of thiocarbonyl (C=S) groups is 1. The third kappa shape index (κ3) is 3.92. The van der Waals surface area contributed by atoms with E-state index < -0.39 is 11.8 Å². The molecule has 1 aliphatic rings. The summed E-state index contributed by atoms with van der Waals surface area (Å²) in [4.78, 5) is 25.1. The zero-order valence-electron chi connectivity index (χ0n) is 10.7. The Labute approximate surface area is 112 Å². The van der Waals surface area contributed by atoms with Crippen molar-refractivity contribution >= 4 is 29.0 Å². The topological polar surface area (TPSA) is 84.7 Å². The molecule has 0 bridgehead atoms. The maximum absolute atomic E-state index is 11.9. The maximum atomic E-state index is 11.9. The molecule has 1 heterocycles. The quantitative estimate of drug-likeness (QED) is 0.531. The van der Waals surface area contributed by atoms with Gasteiger partial charge in [0.05, 0.1) is 17.1 Å². The number of nitrogens with two attached hydrogens (primary N) is 1. The highest BCUT2D eigenvalue weighted by Gasteiger charge is 2.34. The normalized spacial score (nSPS) is 23.6. The molecule has 0 saturated carbocycles. The summed E-state index contributed by atoms with van der Waals surface area (Å²) in [6, 6.07) is 0. The third-order valence-corrected chi connectivity index (χ3v) is 3.20. The molecule has 6 nitrogen and oxygen atoms in total. The van der Waals surface area contributed by atoms with Gasteiger partial charge in [0.2, 0.25) is 0 Å². The number of methoxy groups -OCH3 is 1. The second kappa shape index (κ2) is 6.10. The molecule has 1 rings (SSSR count). The lowest BCUT2D eigenvalue weighted by molar-refractivity contribution is -0.150. The van der Waals surface area contributed by atoms with Crippen molar-refractivity contribution in [3.63, 3.8) is 0 Å². The first kappa shape index (κ1) is 14.8. The Balaban J connectivity index is 2.55. The Hall–Kier alpha value is -1.21. The molecular formula is C11H19N3O3S. The first-order chi connectivity index (χ1) is 8.38. The van der Waals surface area contributed by atoms with E-state index in [4.69, 9.17) is 10.5 Å². The fourth-order valence-corrected chi connectivity index (χ4v) is 2.00. The summed E-state index contributed by atoms with van der Waals surface area (Å²) in [7, 11) is 1.61. The number of nitrogens with one attached hydrogen (secondary N) is 1. The molecule has 0 radical (unpaired) electrons. The molecule has 7 heteroatoms. The highest BCUT2D eigenvalue weighted by Crippen LogP contribution is 2.23. The van der Waals surface area contributed by atoms with Crippen LogP contribution < -0.4 is 11.1 Å². The van der Waals surface area contributed by atoms with Crippen LogP contribution in [0.25, 0.3) is 0 Å². The lowest BCUT2D eigenvalue weighted by atomic mass is 9.94. The van der Waals surface area contributed by atoms with Crippen molar-refractivity contribution in [3.05, 3.63) is 0 Å². The van der Waals surface area contributed by atoms with Gasteiger partial charge in [0.1, 0.15) is 0 Å². The maximum Gasteiger partial charge on any atom is 0.311 e. The van der Waals surface area contributed by atoms with Crippen molar-refractivity contribution in [1.29, 1.82) is 0 Å². The van der Waals surface area contributed by atoms with E-state index in [1.165, 1.54) is 4.90 Å². The summed E-state index contributed by atoms with van der Waals surface area (Å²) < 4.78 is 5.37. The molecule has 3 N–H and O–H groups in total. The van der Waals surface area contributed by atoms with Crippen LogP contribution in [0.4, 0.5) is 0 Å². The van der Waals surface area contributed by atoms with Crippen LogP contribution in [-0.2, 0) is 14.3 Å². The predicted octanol–water partition coefficient (Wildman–Crippen LogP) is -0.584. The molecule has 102 valence electrons. The first-order valence-corrected chi connectivity index (χ1v) is 6.19. The van der Waals surface area contributed by atoms with Gasteiger partial charge < -0.3 is 20.7 Å². The molecule has 18 heavy (non-hydrogen) atoms. The highest BCUT2D eigenvalue weighted by molar-refractivity contribution is 7.80. The SMILES string of the molecule is COC1(C)CCCN(C(=O)C(=O)NCC(N)=S)C1. The number of amides is 2. The van der Waals surface area contributed by atoms with E-state index in [9.17, 15) is 9.59 Å². The van der Waals surface area contributed by atoms with E-state index >= 15 is 0 Å². The second-order valence-electron chi connectivity index (χ2n) is 4.63. The summed E-state index contributed by atoms with van der Waals surface area (Å²) >= 11 is 4.63. The molecular weight excluding hydrogens is 254 g/mol. The van der Waals surface area contributed by atoms with Crippen molar-refractivity contribution < 1.29 is 14.3 Å². The van der Waals surface area contributed by atoms with Crippen LogP contribution in [0.2, 0.25) is 0 Å². The minimum Gasteiger partial charge on any atom is -0.392 e. The molecule has 1 aliphatic heterocycles. The third-order valence-electron chi connectivity index (χ3n) is 3.06. The zero-order valence-corrected chi connectivity index (χ0v) is 11.5. The van der Waals surface area contributed by atoms with Gasteiger partial charge in [-0.05, 0) is 19.8 Å². The van der Waals surface area contributed by atoms with E-state index in [0.29, 0.717) is 13.1 Å². The molecule has 0 aromatic rings. The molecule has 0 spiro atoms. The second-order valence-corrected chi connectivity index (χ2v) is 5.16. The number of piperidine rings is 1. The van der Waals surface area contributed by atoms with Gasteiger partial charge >= 0.3 is 11.8 Å². The average Bonchev–Trinajstić information content (AvgIpc) is 2.35. The van der Waals surface area contributed by atoms with Crippen molar-refractivity contribution in [1.82, 2.24) is 10.2 Å². The molecule has 2 amide bonds. The number of rotatable bonds is 3. The largest absolute Gasteiger partial charge is 0.392 e. The summed E-state index contributed by atoms with van der Waals surface area (Å²) in [5.74, 6) is -1.24. The van der Waals surface area contributed by atoms with Crippen LogP contribution in [-0.4, -0.2) is 54.0 Å². The van der Waals surface area contributed by atoms with Crippen molar-refractivity contribution in [2.45, 2.75) is 25.4 Å². The smallest absolute Gasteiger partial charge is 0.311 e. The number of ether oxygens (including phenoxy) is 1. The molecule has 1 unspecified atom stereocenters. The molecule has 1 atom stereocenters. The number of hydrogen-bond acceptors (Lipinski definition) is 4. The number of likely N-dealkylation sites (tertiary alicyclic amines) is 1. The minimum atomic E-state index is -0.678. The van der Waals surface area contributed by atoms with E-state index in [1.807, 2.05) is 6.92 Å². The number of carbonyl (C=O) groups excluding carboxylic acids is 2. The highest BCUT2D eigenvalue weighted by atomic mass is 32.1. The van der Waals surface area contributed by atoms with Gasteiger partial charge in [-0.1, -0.05) is 12.2 Å². The monoisotopic (exact) mass is 273 g/mol. The molecule has 1 saturated heterocycles. The predicted molar refractivity (Wildman–Crippen MR) is 71.0 cm³/mol. The van der Waals surface area contributed by atoms with Crippen LogP contribution in [0.15, 0.2) is 0 Å². The Morgan fingerprint density at radius 1 is 1.56 bits per heavy atom. The first-order valence-electron chi connectivity index (χ1n) is 5.78. The zero-order chi connectivity index (χ0) is 13.8. The molecule has 0 aromatic heterocycles. The van der Waals surface area contributed by atoms with Crippen LogP contribution in [0.3, 0.4) is 0 Å². The standard InChI is InChI=1S/C11H19N3O3S/c1-11(17-2)4-3-5-14(7-11)10(16)9(15)13-6-8(12)18/h3-7H2,1-2H3,(H2,12,18)(H,13,15). The fourth-order valence-electron chi connectivity index (χ4n) is 1.93. The number of nitrogens with zero attached hydrogens (tertiary/aromatic N) is 1. The summed E-state index contributed by atoms with van der Waals surface area (Å²) in [5.41, 5.74) is 4.88. The fraction of sp³-hybridized carbons (Fsp3) is 0.727. The molecule has 1 fully saturated rings. The number of carbonyl (C=O) groups is 2. The van der Waals surface area contributed by atoms with Crippen molar-refractivity contribution in [2.75, 3.05) is 26.7 Å². The van der Waals surface area contributed by atoms with Crippen LogP contribution in [0, 0.1) is 0 Å². The average molecular weight is 273 g/mol. The Kier molecular flexibility index (Phi) is 5.03. The van der Waals surface area contributed by atoms with Crippen LogP contribution >= 0.6 is 12.2 Å². The van der Waals surface area contributed by atoms with Crippen molar-refractivity contribution in [2.24, 2.45) is 5.73 Å². The lowest BCUT2D eigenvalue weighted by Crippen LogP contribution is -2.53. The van der Waals surface area contributed by atoms with E-state index in [1.54, 1.807) is 7.11 Å². The van der Waals surface area contributed by atoms with Gasteiger partial charge in [-0.3, -0.25) is 9.59 Å². The van der Waals surface area contributed by atoms with Gasteiger partial charge in [-0.25, -0.2) is 0 Å². The Morgan fingerprint density at radius 3 is 2.78 bits per heavy atom. The van der Waals surface area contributed by atoms with Crippen molar-refractivity contribution in [3.8, 4) is 0 Å². The number of hydrogen-bond donors (Lipinski definition) is 2. The van der Waals surface area contributed by atoms with E-state index in [2.05, 4.69) is 17.5 Å². The Bertz CT molecular complexity index is 361. The summed E-state index contributed by atoms with van der Waals surface area (Å²) in [6.07, 6.45) is 1.69. The Morgan fingerprint density at radius 2 is 2.22 bits per heavy atom. The van der Waals surface area contributed by atoms with Gasteiger partial charge in [0.15, 0.2) is 0 Å². The van der Waals surface area contributed by atoms with Gasteiger partial charge in [-0.15, -0.1) is 0 Å². The summed E-state index contributed by atoms with van der Waals surface area (Å²) in [6.45, 7) is 2.95. The minimum absolute atomic E-state index is 0.0370. The summed E-state index contributed by atoms with van der Waals surface area (Å²) in [5, 5.41) is 2.39. The lowest BCUT2D eigenvalue weighted by Gasteiger charge is -2.39. The van der Waals surface area contributed by atoms with Gasteiger partial charge in [0.25, 0.3) is 0 Å². The van der Waals surface area contributed by atoms with E-state index in [0.717, 1.165) is 12.8 Å². The van der Waals surface area contributed by atoms with Gasteiger partial charge in [0, 0.05) is 20.2 Å². The van der Waals surface area contributed by atoms with Crippen LogP contribution in [0.5, 0.6) is 0 Å². The van der Waals surface area contributed by atoms with Crippen LogP contribution in [0.1, 0.15) is 19.8 Å². The van der Waals surface area contributed by atoms with Gasteiger partial charge in [-0.2, -0.15) is 0 Å².